The van der Waals surface area contributed by atoms with Crippen LogP contribution in [0.1, 0.15) is 17.4 Å². The SMILES string of the molecule is C[C@H](OC(=O)Cc1cccs1)C(=O)NCc1ccc2c(c1)OCO2. The van der Waals surface area contributed by atoms with Gasteiger partial charge in [0.25, 0.3) is 5.91 Å². The zero-order chi connectivity index (χ0) is 16.9. The summed E-state index contributed by atoms with van der Waals surface area (Å²) in [6.45, 7) is 2.09. The number of carbonyl (C=O) groups excluding carboxylic acids is 2. The van der Waals surface area contributed by atoms with Crippen LogP contribution in [0.5, 0.6) is 11.5 Å². The third kappa shape index (κ3) is 4.05. The largest absolute Gasteiger partial charge is 0.454 e. The van der Waals surface area contributed by atoms with Gasteiger partial charge in [0.15, 0.2) is 17.6 Å². The van der Waals surface area contributed by atoms with Gasteiger partial charge in [0.2, 0.25) is 6.79 Å². The molecule has 24 heavy (non-hydrogen) atoms. The Labute approximate surface area is 143 Å². The molecule has 1 aliphatic rings. The summed E-state index contributed by atoms with van der Waals surface area (Å²) < 4.78 is 15.7. The first-order valence-corrected chi connectivity index (χ1v) is 8.38. The molecule has 0 saturated heterocycles. The molecular formula is C17H17NO5S. The summed E-state index contributed by atoms with van der Waals surface area (Å²) in [4.78, 5) is 24.8. The predicted octanol–water partition coefficient (Wildman–Crippen LogP) is 2.27. The second-order valence-electron chi connectivity index (χ2n) is 5.29. The average Bonchev–Trinajstić information content (AvgIpc) is 3.23. The average molecular weight is 347 g/mol. The third-order valence-corrected chi connectivity index (χ3v) is 4.36. The summed E-state index contributed by atoms with van der Waals surface area (Å²) in [5.74, 6) is 0.605. The van der Waals surface area contributed by atoms with Crippen molar-refractivity contribution >= 4 is 23.2 Å². The lowest BCUT2D eigenvalue weighted by molar-refractivity contribution is -0.154. The molecule has 2 heterocycles. The van der Waals surface area contributed by atoms with E-state index in [1.165, 1.54) is 11.3 Å². The summed E-state index contributed by atoms with van der Waals surface area (Å²) >= 11 is 1.48. The molecule has 3 rings (SSSR count). The Morgan fingerprint density at radius 2 is 2.12 bits per heavy atom. The zero-order valence-electron chi connectivity index (χ0n) is 13.1. The first-order chi connectivity index (χ1) is 11.6. The van der Waals surface area contributed by atoms with Gasteiger partial charge >= 0.3 is 5.97 Å². The van der Waals surface area contributed by atoms with Crippen molar-refractivity contribution in [3.63, 3.8) is 0 Å². The fourth-order valence-electron chi connectivity index (χ4n) is 2.23. The highest BCUT2D eigenvalue weighted by atomic mass is 32.1. The van der Waals surface area contributed by atoms with Crippen molar-refractivity contribution in [2.45, 2.75) is 26.0 Å². The highest BCUT2D eigenvalue weighted by molar-refractivity contribution is 7.10. The number of ether oxygens (including phenoxy) is 3. The van der Waals surface area contributed by atoms with Crippen LogP contribution in [0.15, 0.2) is 35.7 Å². The van der Waals surface area contributed by atoms with Gasteiger partial charge in [-0.15, -0.1) is 11.3 Å². The van der Waals surface area contributed by atoms with E-state index in [9.17, 15) is 9.59 Å². The zero-order valence-corrected chi connectivity index (χ0v) is 13.9. The molecule has 0 radical (unpaired) electrons. The number of carbonyl (C=O) groups is 2. The molecule has 1 aliphatic heterocycles. The van der Waals surface area contributed by atoms with Crippen LogP contribution in [0.4, 0.5) is 0 Å². The molecule has 1 aromatic carbocycles. The Kier molecular flexibility index (Phi) is 5.00. The van der Waals surface area contributed by atoms with Crippen molar-refractivity contribution in [1.82, 2.24) is 5.32 Å². The van der Waals surface area contributed by atoms with Crippen molar-refractivity contribution in [3.8, 4) is 11.5 Å². The second kappa shape index (κ2) is 7.35. The molecule has 0 unspecified atom stereocenters. The van der Waals surface area contributed by atoms with Crippen LogP contribution >= 0.6 is 11.3 Å². The molecule has 2 aromatic rings. The van der Waals surface area contributed by atoms with Gasteiger partial charge in [-0.25, -0.2) is 0 Å². The molecule has 1 aromatic heterocycles. The topological polar surface area (TPSA) is 73.9 Å². The molecule has 0 fully saturated rings. The van der Waals surface area contributed by atoms with E-state index in [0.29, 0.717) is 18.0 Å². The van der Waals surface area contributed by atoms with Crippen LogP contribution in [0.3, 0.4) is 0 Å². The summed E-state index contributed by atoms with van der Waals surface area (Å²) in [6, 6.07) is 9.19. The summed E-state index contributed by atoms with van der Waals surface area (Å²) in [6.07, 6.45) is -0.663. The maximum Gasteiger partial charge on any atom is 0.311 e. The van der Waals surface area contributed by atoms with Gasteiger partial charge in [0.05, 0.1) is 6.42 Å². The maximum atomic E-state index is 12.0. The fraction of sp³-hybridized carbons (Fsp3) is 0.294. The predicted molar refractivity (Wildman–Crippen MR) is 88.0 cm³/mol. The molecule has 6 nitrogen and oxygen atoms in total. The van der Waals surface area contributed by atoms with Crippen molar-refractivity contribution in [3.05, 3.63) is 46.2 Å². The van der Waals surface area contributed by atoms with Crippen LogP contribution in [0.25, 0.3) is 0 Å². The van der Waals surface area contributed by atoms with Gasteiger partial charge in [-0.2, -0.15) is 0 Å². The summed E-state index contributed by atoms with van der Waals surface area (Å²) in [5.41, 5.74) is 0.879. The highest BCUT2D eigenvalue weighted by Crippen LogP contribution is 2.32. The smallest absolute Gasteiger partial charge is 0.311 e. The number of hydrogen-bond acceptors (Lipinski definition) is 6. The van der Waals surface area contributed by atoms with Crippen LogP contribution < -0.4 is 14.8 Å². The minimum atomic E-state index is -0.841. The number of fused-ring (bicyclic) bond motifs is 1. The van der Waals surface area contributed by atoms with E-state index in [-0.39, 0.29) is 19.1 Å². The third-order valence-electron chi connectivity index (χ3n) is 3.48. The van der Waals surface area contributed by atoms with E-state index in [1.54, 1.807) is 13.0 Å². The first kappa shape index (κ1) is 16.3. The molecule has 1 atom stereocenters. The normalized spacial score (nSPS) is 13.4. The standard InChI is InChI=1S/C17H17NO5S/c1-11(23-16(19)8-13-3-2-6-24-13)17(20)18-9-12-4-5-14-15(7-12)22-10-21-14/h2-7,11H,8-10H2,1H3,(H,18,20)/t11-/m0/s1. The molecule has 126 valence electrons. The Morgan fingerprint density at radius 1 is 1.29 bits per heavy atom. The Balaban J connectivity index is 1.46. The Morgan fingerprint density at radius 3 is 2.92 bits per heavy atom. The molecule has 1 N–H and O–H groups in total. The first-order valence-electron chi connectivity index (χ1n) is 7.50. The lowest BCUT2D eigenvalue weighted by Gasteiger charge is -2.13. The molecule has 0 spiro atoms. The molecule has 0 aliphatic carbocycles. The molecule has 1 amide bonds. The number of thiophene rings is 1. The number of nitrogens with one attached hydrogen (secondary N) is 1. The van der Waals surface area contributed by atoms with E-state index in [4.69, 9.17) is 14.2 Å². The number of benzene rings is 1. The number of hydrogen-bond donors (Lipinski definition) is 1. The maximum absolute atomic E-state index is 12.0. The number of amides is 1. The van der Waals surface area contributed by atoms with Gasteiger partial charge in [0, 0.05) is 11.4 Å². The lowest BCUT2D eigenvalue weighted by Crippen LogP contribution is -2.35. The number of rotatable bonds is 6. The Hall–Kier alpha value is -2.54. The van der Waals surface area contributed by atoms with Crippen LogP contribution in [-0.2, 0) is 27.3 Å². The van der Waals surface area contributed by atoms with Crippen molar-refractivity contribution in [1.29, 1.82) is 0 Å². The van der Waals surface area contributed by atoms with E-state index >= 15 is 0 Å². The summed E-state index contributed by atoms with van der Waals surface area (Å²) in [7, 11) is 0. The second-order valence-corrected chi connectivity index (χ2v) is 6.33. The van der Waals surface area contributed by atoms with Gasteiger partial charge < -0.3 is 19.5 Å². The minimum Gasteiger partial charge on any atom is -0.454 e. The van der Waals surface area contributed by atoms with Crippen molar-refractivity contribution in [2.24, 2.45) is 0 Å². The lowest BCUT2D eigenvalue weighted by atomic mass is 10.2. The van der Waals surface area contributed by atoms with Crippen LogP contribution in [-0.4, -0.2) is 24.8 Å². The highest BCUT2D eigenvalue weighted by Gasteiger charge is 2.19. The Bertz CT molecular complexity index is 729. The minimum absolute atomic E-state index is 0.178. The van der Waals surface area contributed by atoms with Crippen molar-refractivity contribution in [2.75, 3.05) is 6.79 Å². The van der Waals surface area contributed by atoms with Crippen molar-refractivity contribution < 1.29 is 23.8 Å². The molecular weight excluding hydrogens is 330 g/mol. The van der Waals surface area contributed by atoms with Gasteiger partial charge in [-0.3, -0.25) is 9.59 Å². The molecule has 7 heteroatoms. The van der Waals surface area contributed by atoms with Gasteiger partial charge in [0.1, 0.15) is 0 Å². The van der Waals surface area contributed by atoms with Crippen LogP contribution in [0.2, 0.25) is 0 Å². The molecule has 0 saturated carbocycles. The van der Waals surface area contributed by atoms with Gasteiger partial charge in [-0.1, -0.05) is 12.1 Å². The van der Waals surface area contributed by atoms with Gasteiger partial charge in [-0.05, 0) is 36.1 Å². The van der Waals surface area contributed by atoms with E-state index in [1.807, 2.05) is 29.6 Å². The number of esters is 1. The quantitative estimate of drug-likeness (QED) is 0.812. The molecule has 0 bridgehead atoms. The van der Waals surface area contributed by atoms with E-state index in [2.05, 4.69) is 5.32 Å². The van der Waals surface area contributed by atoms with E-state index < -0.39 is 12.1 Å². The summed E-state index contributed by atoms with van der Waals surface area (Å²) in [5, 5.41) is 4.64. The monoisotopic (exact) mass is 347 g/mol. The fourth-order valence-corrected chi connectivity index (χ4v) is 2.92. The van der Waals surface area contributed by atoms with E-state index in [0.717, 1.165) is 10.4 Å². The van der Waals surface area contributed by atoms with Crippen LogP contribution in [0, 0.1) is 0 Å².